The molecule has 2 aromatic rings. The van der Waals surface area contributed by atoms with Gasteiger partial charge in [0.1, 0.15) is 17.6 Å². The van der Waals surface area contributed by atoms with Gasteiger partial charge in [-0.2, -0.15) is 10.4 Å². The number of amides is 1. The van der Waals surface area contributed by atoms with Crippen LogP contribution in [0.1, 0.15) is 42.5 Å². The topological polar surface area (TPSA) is 86.5 Å². The summed E-state index contributed by atoms with van der Waals surface area (Å²) in [6, 6.07) is 5.37. The molecule has 0 spiro atoms. The second-order valence-corrected chi connectivity index (χ2v) is 6.25. The SMILES string of the molecule is Cn1nc(CC(C)(C)C)cc1NC(=O)c1cc(C#N)c[nH]1. The zero-order valence-corrected chi connectivity index (χ0v) is 12.7. The molecular weight excluding hydrogens is 266 g/mol. The van der Waals surface area contributed by atoms with Gasteiger partial charge in [0.25, 0.3) is 5.91 Å². The van der Waals surface area contributed by atoms with Gasteiger partial charge < -0.3 is 10.3 Å². The number of nitriles is 1. The van der Waals surface area contributed by atoms with E-state index in [4.69, 9.17) is 5.26 Å². The number of H-pyrrole nitrogens is 1. The maximum atomic E-state index is 12.1. The number of rotatable bonds is 3. The largest absolute Gasteiger partial charge is 0.356 e. The van der Waals surface area contributed by atoms with Crippen LogP contribution in [-0.2, 0) is 13.5 Å². The van der Waals surface area contributed by atoms with Crippen LogP contribution in [0.2, 0.25) is 0 Å². The number of carbonyl (C=O) groups is 1. The normalized spacial score (nSPS) is 11.2. The molecule has 0 saturated carbocycles. The summed E-state index contributed by atoms with van der Waals surface area (Å²) < 4.78 is 1.65. The van der Waals surface area contributed by atoms with Crippen LogP contribution in [0.3, 0.4) is 0 Å². The highest BCUT2D eigenvalue weighted by Crippen LogP contribution is 2.21. The van der Waals surface area contributed by atoms with E-state index in [1.807, 2.05) is 12.1 Å². The highest BCUT2D eigenvalue weighted by Gasteiger charge is 2.16. The summed E-state index contributed by atoms with van der Waals surface area (Å²) >= 11 is 0. The Kier molecular flexibility index (Phi) is 3.85. The molecule has 2 heterocycles. The van der Waals surface area contributed by atoms with Crippen LogP contribution in [-0.4, -0.2) is 20.7 Å². The lowest BCUT2D eigenvalue weighted by molar-refractivity contribution is 0.102. The molecule has 2 rings (SSSR count). The van der Waals surface area contributed by atoms with E-state index in [-0.39, 0.29) is 11.3 Å². The molecule has 0 aliphatic heterocycles. The smallest absolute Gasteiger partial charge is 0.273 e. The van der Waals surface area contributed by atoms with Gasteiger partial charge >= 0.3 is 0 Å². The first-order valence-corrected chi connectivity index (χ1v) is 6.71. The molecule has 1 amide bonds. The molecule has 0 atom stereocenters. The first kappa shape index (κ1) is 14.9. The minimum Gasteiger partial charge on any atom is -0.356 e. The van der Waals surface area contributed by atoms with Crippen LogP contribution in [0, 0.1) is 16.7 Å². The summed E-state index contributed by atoms with van der Waals surface area (Å²) in [5.41, 5.74) is 1.85. The van der Waals surface area contributed by atoms with Crippen LogP contribution in [0.5, 0.6) is 0 Å². The predicted molar refractivity (Wildman–Crippen MR) is 79.8 cm³/mol. The summed E-state index contributed by atoms with van der Waals surface area (Å²) in [5, 5.41) is 16.0. The average molecular weight is 285 g/mol. The van der Waals surface area contributed by atoms with Crippen molar-refractivity contribution in [3.05, 3.63) is 35.3 Å². The van der Waals surface area contributed by atoms with Crippen molar-refractivity contribution in [3.8, 4) is 6.07 Å². The summed E-state index contributed by atoms with van der Waals surface area (Å²) in [4.78, 5) is 14.9. The number of carbonyl (C=O) groups excluding carboxylic acids is 1. The van der Waals surface area contributed by atoms with E-state index in [2.05, 4.69) is 36.2 Å². The lowest BCUT2D eigenvalue weighted by Crippen LogP contribution is -2.14. The van der Waals surface area contributed by atoms with Crippen molar-refractivity contribution in [2.45, 2.75) is 27.2 Å². The number of hydrogen-bond acceptors (Lipinski definition) is 3. The monoisotopic (exact) mass is 285 g/mol. The minimum atomic E-state index is -0.290. The van der Waals surface area contributed by atoms with Gasteiger partial charge in [-0.15, -0.1) is 0 Å². The van der Waals surface area contributed by atoms with Crippen molar-refractivity contribution in [2.24, 2.45) is 12.5 Å². The number of aromatic amines is 1. The van der Waals surface area contributed by atoms with Crippen molar-refractivity contribution in [1.29, 1.82) is 5.26 Å². The summed E-state index contributed by atoms with van der Waals surface area (Å²) in [6.07, 6.45) is 2.33. The summed E-state index contributed by atoms with van der Waals surface area (Å²) in [6.45, 7) is 6.42. The number of aryl methyl sites for hydroxylation is 1. The fourth-order valence-corrected chi connectivity index (χ4v) is 2.05. The van der Waals surface area contributed by atoms with Gasteiger partial charge in [-0.3, -0.25) is 9.48 Å². The maximum Gasteiger partial charge on any atom is 0.273 e. The van der Waals surface area contributed by atoms with Gasteiger partial charge in [0.15, 0.2) is 0 Å². The van der Waals surface area contributed by atoms with Crippen LogP contribution < -0.4 is 5.32 Å². The average Bonchev–Trinajstić information content (AvgIpc) is 2.95. The zero-order chi connectivity index (χ0) is 15.6. The van der Waals surface area contributed by atoms with Gasteiger partial charge in [0.05, 0.1) is 11.3 Å². The molecule has 6 nitrogen and oxygen atoms in total. The molecule has 6 heteroatoms. The Hall–Kier alpha value is -2.55. The second kappa shape index (κ2) is 5.44. The Morgan fingerprint density at radius 3 is 2.76 bits per heavy atom. The van der Waals surface area contributed by atoms with Gasteiger partial charge in [0, 0.05) is 19.3 Å². The van der Waals surface area contributed by atoms with E-state index in [1.54, 1.807) is 11.7 Å². The molecule has 0 unspecified atom stereocenters. The third kappa shape index (κ3) is 3.72. The van der Waals surface area contributed by atoms with E-state index in [0.717, 1.165) is 12.1 Å². The Labute approximate surface area is 123 Å². The number of hydrogen-bond donors (Lipinski definition) is 2. The summed E-state index contributed by atoms with van der Waals surface area (Å²) in [5.74, 6) is 0.342. The van der Waals surface area contributed by atoms with Crippen LogP contribution in [0.15, 0.2) is 18.3 Å². The van der Waals surface area contributed by atoms with Gasteiger partial charge in [-0.1, -0.05) is 20.8 Å². The van der Waals surface area contributed by atoms with E-state index in [0.29, 0.717) is 17.1 Å². The fourth-order valence-electron chi connectivity index (χ4n) is 2.05. The van der Waals surface area contributed by atoms with E-state index in [9.17, 15) is 4.79 Å². The van der Waals surface area contributed by atoms with Crippen molar-refractivity contribution < 1.29 is 4.79 Å². The fraction of sp³-hybridized carbons (Fsp3) is 0.400. The minimum absolute atomic E-state index is 0.136. The Balaban J connectivity index is 2.12. The first-order chi connectivity index (χ1) is 9.78. The van der Waals surface area contributed by atoms with Crippen molar-refractivity contribution in [3.63, 3.8) is 0 Å². The third-order valence-electron chi connectivity index (χ3n) is 2.94. The second-order valence-electron chi connectivity index (χ2n) is 6.25. The molecule has 0 aliphatic carbocycles. The number of anilines is 1. The molecule has 0 aliphatic rings. The number of nitrogens with one attached hydrogen (secondary N) is 2. The molecule has 0 fully saturated rings. The molecule has 0 saturated heterocycles. The van der Waals surface area contributed by atoms with E-state index in [1.165, 1.54) is 12.3 Å². The Morgan fingerprint density at radius 2 is 2.19 bits per heavy atom. The van der Waals surface area contributed by atoms with E-state index >= 15 is 0 Å². The number of nitrogens with zero attached hydrogens (tertiary/aromatic N) is 3. The molecule has 110 valence electrons. The number of aromatic nitrogens is 3. The quantitative estimate of drug-likeness (QED) is 0.908. The molecule has 21 heavy (non-hydrogen) atoms. The predicted octanol–water partition coefficient (Wildman–Crippen LogP) is 2.46. The lowest BCUT2D eigenvalue weighted by atomic mass is 9.91. The van der Waals surface area contributed by atoms with Gasteiger partial charge in [-0.05, 0) is 17.9 Å². The van der Waals surface area contributed by atoms with Crippen molar-refractivity contribution >= 4 is 11.7 Å². The van der Waals surface area contributed by atoms with Crippen LogP contribution in [0.25, 0.3) is 0 Å². The Bertz CT molecular complexity index is 696. The van der Waals surface area contributed by atoms with Gasteiger partial charge in [-0.25, -0.2) is 0 Å². The molecule has 2 aromatic heterocycles. The maximum absolute atomic E-state index is 12.1. The summed E-state index contributed by atoms with van der Waals surface area (Å²) in [7, 11) is 1.79. The third-order valence-corrected chi connectivity index (χ3v) is 2.94. The van der Waals surface area contributed by atoms with Crippen molar-refractivity contribution in [2.75, 3.05) is 5.32 Å². The first-order valence-electron chi connectivity index (χ1n) is 6.71. The highest BCUT2D eigenvalue weighted by atomic mass is 16.2. The van der Waals surface area contributed by atoms with Crippen molar-refractivity contribution in [1.82, 2.24) is 14.8 Å². The van der Waals surface area contributed by atoms with E-state index < -0.39 is 0 Å². The zero-order valence-electron chi connectivity index (χ0n) is 12.7. The lowest BCUT2D eigenvalue weighted by Gasteiger charge is -2.15. The molecule has 0 aromatic carbocycles. The Morgan fingerprint density at radius 1 is 1.48 bits per heavy atom. The highest BCUT2D eigenvalue weighted by molar-refractivity contribution is 6.02. The standard InChI is InChI=1S/C15H19N5O/c1-15(2,3)7-11-6-13(20(4)19-11)18-14(21)12-5-10(8-16)9-17-12/h5-6,9,17H,7H2,1-4H3,(H,18,21). The molecule has 0 bridgehead atoms. The van der Waals surface area contributed by atoms with Crippen LogP contribution >= 0.6 is 0 Å². The molecule has 0 radical (unpaired) electrons. The van der Waals surface area contributed by atoms with Crippen LogP contribution in [0.4, 0.5) is 5.82 Å². The van der Waals surface area contributed by atoms with Gasteiger partial charge in [0.2, 0.25) is 0 Å². The molecular formula is C15H19N5O. The molecule has 2 N–H and O–H groups in total.